The minimum Gasteiger partial charge on any atom is -0.374 e. The van der Waals surface area contributed by atoms with Crippen LogP contribution in [0.25, 0.3) is 0 Å². The molecule has 3 aliphatic rings. The van der Waals surface area contributed by atoms with Crippen LogP contribution in [0.3, 0.4) is 0 Å². The SMILES string of the molecule is CN(C(=O)C1CC1)c1ccccc1C(=O)N1CCOC2CCCCC21. The number of nitrogens with zero attached hydrogens (tertiary/aromatic N) is 2. The topological polar surface area (TPSA) is 49.9 Å². The van der Waals surface area contributed by atoms with Gasteiger partial charge < -0.3 is 14.5 Å². The molecule has 4 rings (SSSR count). The highest BCUT2D eigenvalue weighted by molar-refractivity contribution is 6.05. The van der Waals surface area contributed by atoms with Gasteiger partial charge in [0.25, 0.3) is 5.91 Å². The van der Waals surface area contributed by atoms with E-state index in [1.165, 1.54) is 6.42 Å². The molecular formula is C20H26N2O3. The molecule has 25 heavy (non-hydrogen) atoms. The number of benzene rings is 1. The number of fused-ring (bicyclic) bond motifs is 1. The van der Waals surface area contributed by atoms with Crippen LogP contribution in [0.4, 0.5) is 5.69 Å². The Morgan fingerprint density at radius 3 is 2.68 bits per heavy atom. The molecule has 0 spiro atoms. The average molecular weight is 342 g/mol. The normalized spacial score (nSPS) is 26.0. The lowest BCUT2D eigenvalue weighted by molar-refractivity contribution is -0.119. The Morgan fingerprint density at radius 2 is 1.88 bits per heavy atom. The molecule has 2 aliphatic carbocycles. The van der Waals surface area contributed by atoms with Crippen LogP contribution in [0.5, 0.6) is 0 Å². The monoisotopic (exact) mass is 342 g/mol. The van der Waals surface area contributed by atoms with E-state index >= 15 is 0 Å². The molecule has 1 saturated heterocycles. The third-order valence-corrected chi connectivity index (χ3v) is 5.75. The van der Waals surface area contributed by atoms with Crippen LogP contribution in [0.1, 0.15) is 48.9 Å². The lowest BCUT2D eigenvalue weighted by Crippen LogP contribution is -2.55. The fraction of sp³-hybridized carbons (Fsp3) is 0.600. The van der Waals surface area contributed by atoms with Gasteiger partial charge in [0.2, 0.25) is 5.91 Å². The number of hydrogen-bond donors (Lipinski definition) is 0. The number of carbonyl (C=O) groups is 2. The molecule has 134 valence electrons. The summed E-state index contributed by atoms with van der Waals surface area (Å²) in [6.07, 6.45) is 6.48. The largest absolute Gasteiger partial charge is 0.374 e. The van der Waals surface area contributed by atoms with E-state index in [0.717, 1.165) is 37.8 Å². The molecule has 0 N–H and O–H groups in total. The summed E-state index contributed by atoms with van der Waals surface area (Å²) in [6.45, 7) is 1.24. The van der Waals surface area contributed by atoms with E-state index in [-0.39, 0.29) is 29.9 Å². The summed E-state index contributed by atoms with van der Waals surface area (Å²) in [5.74, 6) is 0.295. The smallest absolute Gasteiger partial charge is 0.256 e. The molecule has 1 aromatic carbocycles. The van der Waals surface area contributed by atoms with Gasteiger partial charge in [-0.2, -0.15) is 0 Å². The molecule has 2 saturated carbocycles. The van der Waals surface area contributed by atoms with E-state index in [1.807, 2.05) is 29.2 Å². The first-order chi connectivity index (χ1) is 12.2. The number of carbonyl (C=O) groups excluding carboxylic acids is 2. The maximum absolute atomic E-state index is 13.3. The first kappa shape index (κ1) is 16.6. The second kappa shape index (κ2) is 6.79. The van der Waals surface area contributed by atoms with Gasteiger partial charge in [-0.25, -0.2) is 0 Å². The third-order valence-electron chi connectivity index (χ3n) is 5.75. The highest BCUT2D eigenvalue weighted by atomic mass is 16.5. The minimum absolute atomic E-state index is 0.0336. The van der Waals surface area contributed by atoms with Crippen LogP contribution in [0.2, 0.25) is 0 Å². The van der Waals surface area contributed by atoms with Crippen LogP contribution in [0.15, 0.2) is 24.3 Å². The summed E-state index contributed by atoms with van der Waals surface area (Å²) in [5, 5.41) is 0. The zero-order chi connectivity index (χ0) is 17.4. The van der Waals surface area contributed by atoms with Crippen molar-refractivity contribution in [2.45, 2.75) is 50.7 Å². The number of ether oxygens (including phenoxy) is 1. The molecule has 1 aromatic rings. The zero-order valence-electron chi connectivity index (χ0n) is 14.8. The molecule has 0 bridgehead atoms. The third kappa shape index (κ3) is 3.17. The van der Waals surface area contributed by atoms with Crippen molar-refractivity contribution in [3.63, 3.8) is 0 Å². The maximum Gasteiger partial charge on any atom is 0.256 e. The molecule has 0 radical (unpaired) electrons. The van der Waals surface area contributed by atoms with Gasteiger partial charge in [-0.1, -0.05) is 25.0 Å². The van der Waals surface area contributed by atoms with Gasteiger partial charge in [-0.05, 0) is 37.8 Å². The van der Waals surface area contributed by atoms with Crippen LogP contribution in [-0.2, 0) is 9.53 Å². The minimum atomic E-state index is 0.0336. The van der Waals surface area contributed by atoms with Crippen LogP contribution >= 0.6 is 0 Å². The first-order valence-corrected chi connectivity index (χ1v) is 9.46. The standard InChI is InChI=1S/C20H26N2O3/c1-21(19(23)14-10-11-14)16-7-3-2-6-15(16)20(24)22-12-13-25-18-9-5-4-8-17(18)22/h2-3,6-7,14,17-18H,4-5,8-13H2,1H3. The van der Waals surface area contributed by atoms with Gasteiger partial charge in [-0.15, -0.1) is 0 Å². The molecular weight excluding hydrogens is 316 g/mol. The van der Waals surface area contributed by atoms with Gasteiger partial charge >= 0.3 is 0 Å². The van der Waals surface area contributed by atoms with Crippen molar-refractivity contribution >= 4 is 17.5 Å². The fourth-order valence-corrected chi connectivity index (χ4v) is 4.17. The fourth-order valence-electron chi connectivity index (χ4n) is 4.17. The average Bonchev–Trinajstić information content (AvgIpc) is 3.51. The predicted molar refractivity (Wildman–Crippen MR) is 95.6 cm³/mol. The van der Waals surface area contributed by atoms with Gasteiger partial charge in [0.1, 0.15) is 0 Å². The Morgan fingerprint density at radius 1 is 1.12 bits per heavy atom. The highest BCUT2D eigenvalue weighted by Crippen LogP contribution is 2.34. The van der Waals surface area contributed by atoms with Crippen molar-refractivity contribution in [1.29, 1.82) is 0 Å². The van der Waals surface area contributed by atoms with Crippen LogP contribution < -0.4 is 4.90 Å². The predicted octanol–water partition coefficient (Wildman–Crippen LogP) is 2.84. The van der Waals surface area contributed by atoms with Gasteiger partial charge in [0.15, 0.2) is 0 Å². The second-order valence-corrected chi connectivity index (χ2v) is 7.45. The molecule has 5 heteroatoms. The number of rotatable bonds is 3. The molecule has 2 unspecified atom stereocenters. The zero-order valence-corrected chi connectivity index (χ0v) is 14.8. The summed E-state index contributed by atoms with van der Waals surface area (Å²) < 4.78 is 5.90. The summed E-state index contributed by atoms with van der Waals surface area (Å²) in [7, 11) is 1.79. The first-order valence-electron chi connectivity index (χ1n) is 9.46. The quantitative estimate of drug-likeness (QED) is 0.849. The number of para-hydroxylation sites is 1. The van der Waals surface area contributed by atoms with E-state index in [4.69, 9.17) is 4.74 Å². The Balaban J connectivity index is 1.60. The molecule has 3 fully saturated rings. The lowest BCUT2D eigenvalue weighted by atomic mass is 9.89. The summed E-state index contributed by atoms with van der Waals surface area (Å²) in [6, 6.07) is 7.68. The molecule has 2 amide bonds. The van der Waals surface area contributed by atoms with Crippen molar-refractivity contribution in [2.75, 3.05) is 25.1 Å². The molecule has 0 aromatic heterocycles. The van der Waals surface area contributed by atoms with Crippen molar-refractivity contribution < 1.29 is 14.3 Å². The second-order valence-electron chi connectivity index (χ2n) is 7.45. The maximum atomic E-state index is 13.3. The van der Waals surface area contributed by atoms with Gasteiger partial charge in [0, 0.05) is 19.5 Å². The molecule has 5 nitrogen and oxygen atoms in total. The van der Waals surface area contributed by atoms with E-state index in [0.29, 0.717) is 18.7 Å². The summed E-state index contributed by atoms with van der Waals surface area (Å²) in [4.78, 5) is 29.4. The van der Waals surface area contributed by atoms with Crippen molar-refractivity contribution in [3.05, 3.63) is 29.8 Å². The van der Waals surface area contributed by atoms with Crippen LogP contribution in [-0.4, -0.2) is 49.1 Å². The Hall–Kier alpha value is -1.88. The van der Waals surface area contributed by atoms with E-state index in [1.54, 1.807) is 11.9 Å². The van der Waals surface area contributed by atoms with Crippen molar-refractivity contribution in [3.8, 4) is 0 Å². The number of hydrogen-bond acceptors (Lipinski definition) is 3. The van der Waals surface area contributed by atoms with E-state index in [2.05, 4.69) is 0 Å². The Labute approximate surface area is 148 Å². The summed E-state index contributed by atoms with van der Waals surface area (Å²) >= 11 is 0. The van der Waals surface area contributed by atoms with Crippen molar-refractivity contribution in [2.24, 2.45) is 5.92 Å². The molecule has 2 atom stereocenters. The Bertz CT molecular complexity index is 669. The van der Waals surface area contributed by atoms with Crippen LogP contribution in [0, 0.1) is 5.92 Å². The van der Waals surface area contributed by atoms with Crippen molar-refractivity contribution in [1.82, 2.24) is 4.90 Å². The van der Waals surface area contributed by atoms with E-state index in [9.17, 15) is 9.59 Å². The van der Waals surface area contributed by atoms with E-state index < -0.39 is 0 Å². The Kier molecular flexibility index (Phi) is 4.50. The number of morpholine rings is 1. The molecule has 1 aliphatic heterocycles. The summed E-state index contributed by atoms with van der Waals surface area (Å²) in [5.41, 5.74) is 1.36. The number of amides is 2. The van der Waals surface area contributed by atoms with Gasteiger partial charge in [0.05, 0.1) is 30.0 Å². The van der Waals surface area contributed by atoms with Gasteiger partial charge in [-0.3, -0.25) is 9.59 Å². The molecule has 1 heterocycles. The highest BCUT2D eigenvalue weighted by Gasteiger charge is 2.38. The number of anilines is 1. The lowest BCUT2D eigenvalue weighted by Gasteiger charge is -2.44.